The van der Waals surface area contributed by atoms with Crippen LogP contribution in [0.25, 0.3) is 11.4 Å². The first-order valence-corrected chi connectivity index (χ1v) is 9.54. The molecule has 140 valence electrons. The summed E-state index contributed by atoms with van der Waals surface area (Å²) >= 11 is 7.41. The average molecular weight is 405 g/mol. The maximum atomic E-state index is 13.1. The number of carbonyl (C=O) groups excluding carboxylic acids is 1. The van der Waals surface area contributed by atoms with E-state index in [9.17, 15) is 9.18 Å². The molecule has 3 aromatic rings. The Kier molecular flexibility index (Phi) is 6.13. The molecule has 0 spiro atoms. The third kappa shape index (κ3) is 4.67. The topological polar surface area (TPSA) is 59.8 Å². The van der Waals surface area contributed by atoms with E-state index in [1.54, 1.807) is 29.7 Å². The van der Waals surface area contributed by atoms with E-state index in [1.807, 2.05) is 25.2 Å². The molecule has 0 saturated carbocycles. The zero-order valence-electron chi connectivity index (χ0n) is 14.8. The minimum atomic E-state index is -0.364. The number of hydrogen-bond acceptors (Lipinski definition) is 4. The molecule has 1 atom stereocenters. The Balaban J connectivity index is 1.64. The lowest BCUT2D eigenvalue weighted by atomic mass is 10.2. The molecule has 27 heavy (non-hydrogen) atoms. The van der Waals surface area contributed by atoms with Gasteiger partial charge in [0.15, 0.2) is 11.0 Å². The van der Waals surface area contributed by atoms with Crippen LogP contribution in [0.15, 0.2) is 53.7 Å². The summed E-state index contributed by atoms with van der Waals surface area (Å²) in [7, 11) is 1.81. The predicted molar refractivity (Wildman–Crippen MR) is 105 cm³/mol. The van der Waals surface area contributed by atoms with Crippen molar-refractivity contribution < 1.29 is 9.18 Å². The van der Waals surface area contributed by atoms with Crippen LogP contribution in [0, 0.1) is 5.82 Å². The Labute approximate surface area is 166 Å². The molecule has 0 saturated heterocycles. The maximum absolute atomic E-state index is 13.1. The van der Waals surface area contributed by atoms with E-state index in [0.717, 1.165) is 11.1 Å². The molecule has 3 rings (SSSR count). The number of hydrogen-bond donors (Lipinski definition) is 1. The molecular weight excluding hydrogens is 387 g/mol. The van der Waals surface area contributed by atoms with Crippen molar-refractivity contribution in [1.29, 1.82) is 0 Å². The standard InChI is InChI=1S/C19H18ClFN4OS/c1-12(18(26)22-11-14-5-3-4-6-16(14)20)27-19-24-23-17(25(19)2)13-7-9-15(21)10-8-13/h3-10,12H,11H2,1-2H3,(H,22,26)/t12-/m0/s1. The number of thioether (sulfide) groups is 1. The predicted octanol–water partition coefficient (Wildman–Crippen LogP) is 4.07. The fraction of sp³-hybridized carbons (Fsp3) is 0.211. The van der Waals surface area contributed by atoms with E-state index in [4.69, 9.17) is 11.6 Å². The molecule has 1 amide bonds. The summed E-state index contributed by atoms with van der Waals surface area (Å²) in [5.74, 6) is 0.187. The first kappa shape index (κ1) is 19.4. The van der Waals surface area contributed by atoms with Gasteiger partial charge in [-0.3, -0.25) is 4.79 Å². The Hall–Kier alpha value is -2.38. The molecule has 5 nitrogen and oxygen atoms in total. The second-order valence-corrected chi connectivity index (χ2v) is 7.66. The fourth-order valence-electron chi connectivity index (χ4n) is 2.45. The number of aromatic nitrogens is 3. The Bertz CT molecular complexity index is 945. The summed E-state index contributed by atoms with van der Waals surface area (Å²) in [5.41, 5.74) is 1.62. The summed E-state index contributed by atoms with van der Waals surface area (Å²) in [4.78, 5) is 12.4. The van der Waals surface area contributed by atoms with E-state index in [0.29, 0.717) is 22.5 Å². The molecule has 0 radical (unpaired) electrons. The zero-order valence-corrected chi connectivity index (χ0v) is 16.4. The van der Waals surface area contributed by atoms with Crippen molar-refractivity contribution in [3.8, 4) is 11.4 Å². The highest BCUT2D eigenvalue weighted by Gasteiger charge is 2.19. The molecule has 0 bridgehead atoms. The number of carbonyl (C=O) groups is 1. The zero-order chi connectivity index (χ0) is 19.4. The quantitative estimate of drug-likeness (QED) is 0.629. The molecule has 0 fully saturated rings. The van der Waals surface area contributed by atoms with Crippen LogP contribution >= 0.6 is 23.4 Å². The molecule has 0 unspecified atom stereocenters. The van der Waals surface area contributed by atoms with Gasteiger partial charge in [-0.05, 0) is 42.8 Å². The molecular formula is C19H18ClFN4OS. The van der Waals surface area contributed by atoms with Crippen molar-refractivity contribution in [3.63, 3.8) is 0 Å². The molecule has 1 N–H and O–H groups in total. The lowest BCUT2D eigenvalue weighted by Gasteiger charge is -2.12. The van der Waals surface area contributed by atoms with Crippen molar-refractivity contribution in [2.75, 3.05) is 0 Å². The lowest BCUT2D eigenvalue weighted by Crippen LogP contribution is -2.30. The molecule has 0 aliphatic heterocycles. The molecule has 1 aromatic heterocycles. The van der Waals surface area contributed by atoms with Gasteiger partial charge in [-0.25, -0.2) is 4.39 Å². The van der Waals surface area contributed by atoms with Crippen molar-refractivity contribution in [1.82, 2.24) is 20.1 Å². The van der Waals surface area contributed by atoms with Gasteiger partial charge in [0.25, 0.3) is 0 Å². The molecule has 0 aliphatic carbocycles. The lowest BCUT2D eigenvalue weighted by molar-refractivity contribution is -0.120. The van der Waals surface area contributed by atoms with Crippen LogP contribution in [0.1, 0.15) is 12.5 Å². The second kappa shape index (κ2) is 8.54. The Morgan fingerprint density at radius 1 is 1.22 bits per heavy atom. The first-order valence-electron chi connectivity index (χ1n) is 8.29. The summed E-state index contributed by atoms with van der Waals surface area (Å²) in [6, 6.07) is 13.4. The minimum absolute atomic E-state index is 0.119. The van der Waals surface area contributed by atoms with Crippen LogP contribution in [-0.4, -0.2) is 25.9 Å². The van der Waals surface area contributed by atoms with Crippen molar-refractivity contribution >= 4 is 29.3 Å². The summed E-state index contributed by atoms with van der Waals surface area (Å²) in [6.07, 6.45) is 0. The summed E-state index contributed by atoms with van der Waals surface area (Å²) in [6.45, 7) is 2.17. The first-order chi connectivity index (χ1) is 13.0. The summed E-state index contributed by atoms with van der Waals surface area (Å²) < 4.78 is 14.9. The van der Waals surface area contributed by atoms with Gasteiger partial charge >= 0.3 is 0 Å². The van der Waals surface area contributed by atoms with Gasteiger partial charge in [-0.2, -0.15) is 0 Å². The number of nitrogens with one attached hydrogen (secondary N) is 1. The fourth-order valence-corrected chi connectivity index (χ4v) is 3.49. The smallest absolute Gasteiger partial charge is 0.233 e. The minimum Gasteiger partial charge on any atom is -0.351 e. The highest BCUT2D eigenvalue weighted by atomic mass is 35.5. The molecule has 1 heterocycles. The van der Waals surface area contributed by atoms with Gasteiger partial charge in [0, 0.05) is 24.2 Å². The van der Waals surface area contributed by atoms with Crippen LogP contribution in [0.4, 0.5) is 4.39 Å². The van der Waals surface area contributed by atoms with Gasteiger partial charge in [0.2, 0.25) is 5.91 Å². The Morgan fingerprint density at radius 2 is 1.93 bits per heavy atom. The number of rotatable bonds is 6. The molecule has 0 aliphatic rings. The largest absolute Gasteiger partial charge is 0.351 e. The van der Waals surface area contributed by atoms with Crippen LogP contribution in [0.2, 0.25) is 5.02 Å². The normalized spacial score (nSPS) is 12.0. The van der Waals surface area contributed by atoms with Crippen LogP contribution < -0.4 is 5.32 Å². The van der Waals surface area contributed by atoms with Gasteiger partial charge in [-0.1, -0.05) is 41.6 Å². The van der Waals surface area contributed by atoms with Gasteiger partial charge in [0.1, 0.15) is 5.82 Å². The molecule has 2 aromatic carbocycles. The van der Waals surface area contributed by atoms with E-state index < -0.39 is 0 Å². The third-order valence-electron chi connectivity index (χ3n) is 4.00. The average Bonchev–Trinajstić information content (AvgIpc) is 3.02. The molecule has 8 heteroatoms. The second-order valence-electron chi connectivity index (χ2n) is 5.94. The number of nitrogens with zero attached hydrogens (tertiary/aromatic N) is 3. The maximum Gasteiger partial charge on any atom is 0.233 e. The van der Waals surface area contributed by atoms with E-state index in [-0.39, 0.29) is 17.0 Å². The summed E-state index contributed by atoms with van der Waals surface area (Å²) in [5, 5.41) is 12.0. The number of amides is 1. The van der Waals surface area contributed by atoms with E-state index >= 15 is 0 Å². The van der Waals surface area contributed by atoms with Crippen molar-refractivity contribution in [2.24, 2.45) is 7.05 Å². The SMILES string of the molecule is C[C@H](Sc1nnc(-c2ccc(F)cc2)n1C)C(=O)NCc1ccccc1Cl. The Morgan fingerprint density at radius 3 is 2.63 bits per heavy atom. The van der Waals surface area contributed by atoms with Crippen LogP contribution in [0.3, 0.4) is 0 Å². The highest BCUT2D eigenvalue weighted by molar-refractivity contribution is 8.00. The number of benzene rings is 2. The van der Waals surface area contributed by atoms with E-state index in [1.165, 1.54) is 23.9 Å². The van der Waals surface area contributed by atoms with Crippen molar-refractivity contribution in [2.45, 2.75) is 23.9 Å². The monoisotopic (exact) mass is 404 g/mol. The van der Waals surface area contributed by atoms with Crippen LogP contribution in [-0.2, 0) is 18.4 Å². The van der Waals surface area contributed by atoms with Crippen molar-refractivity contribution in [3.05, 3.63) is 64.9 Å². The third-order valence-corrected chi connectivity index (χ3v) is 5.50. The van der Waals surface area contributed by atoms with Gasteiger partial charge in [-0.15, -0.1) is 10.2 Å². The van der Waals surface area contributed by atoms with Gasteiger partial charge < -0.3 is 9.88 Å². The van der Waals surface area contributed by atoms with E-state index in [2.05, 4.69) is 15.5 Å². The number of halogens is 2. The van der Waals surface area contributed by atoms with Crippen LogP contribution in [0.5, 0.6) is 0 Å². The van der Waals surface area contributed by atoms with Gasteiger partial charge in [0.05, 0.1) is 5.25 Å². The highest BCUT2D eigenvalue weighted by Crippen LogP contribution is 2.26.